The number of amides is 2. The molecule has 2 aromatic carbocycles. The van der Waals surface area contributed by atoms with Gasteiger partial charge in [-0.2, -0.15) is 0 Å². The zero-order valence-electron chi connectivity index (χ0n) is 20.7. The summed E-state index contributed by atoms with van der Waals surface area (Å²) in [6, 6.07) is 11.2. The van der Waals surface area contributed by atoms with Crippen LogP contribution in [-0.4, -0.2) is 50.5 Å². The minimum absolute atomic E-state index is 0.155. The van der Waals surface area contributed by atoms with Crippen LogP contribution in [0.2, 0.25) is 10.0 Å². The van der Waals surface area contributed by atoms with Gasteiger partial charge in [0.2, 0.25) is 21.8 Å². The Morgan fingerprint density at radius 1 is 1.06 bits per heavy atom. The number of carbonyl (C=O) groups is 2. The third kappa shape index (κ3) is 8.70. The molecule has 7 nitrogen and oxygen atoms in total. The maximum absolute atomic E-state index is 13.6. The van der Waals surface area contributed by atoms with E-state index in [1.165, 1.54) is 23.1 Å². The van der Waals surface area contributed by atoms with Crippen molar-refractivity contribution < 1.29 is 18.0 Å². The van der Waals surface area contributed by atoms with Crippen LogP contribution in [0.4, 0.5) is 5.69 Å². The van der Waals surface area contributed by atoms with Crippen LogP contribution in [0.1, 0.15) is 38.3 Å². The molecule has 0 saturated heterocycles. The largest absolute Gasteiger partial charge is 0.354 e. The molecule has 2 aromatic rings. The molecule has 0 aliphatic rings. The molecule has 0 aromatic heterocycles. The molecular weight excluding hydrogens is 509 g/mol. The number of sulfonamides is 1. The highest BCUT2D eigenvalue weighted by molar-refractivity contribution is 7.92. The van der Waals surface area contributed by atoms with Crippen LogP contribution >= 0.6 is 23.2 Å². The Labute approximate surface area is 218 Å². The van der Waals surface area contributed by atoms with E-state index in [4.69, 9.17) is 23.2 Å². The lowest BCUT2D eigenvalue weighted by atomic mass is 10.1. The van der Waals surface area contributed by atoms with Crippen LogP contribution in [0.5, 0.6) is 0 Å². The summed E-state index contributed by atoms with van der Waals surface area (Å²) in [7, 11) is -3.87. The highest BCUT2D eigenvalue weighted by Gasteiger charge is 2.32. The number of hydrogen-bond donors (Lipinski definition) is 1. The van der Waals surface area contributed by atoms with E-state index in [-0.39, 0.29) is 34.1 Å². The zero-order chi connectivity index (χ0) is 26.3. The lowest BCUT2D eigenvalue weighted by molar-refractivity contribution is -0.140. The van der Waals surface area contributed by atoms with Gasteiger partial charge in [0.05, 0.1) is 11.9 Å². The number of carbonyl (C=O) groups excluding carboxylic acids is 2. The molecule has 1 N–H and O–H groups in total. The summed E-state index contributed by atoms with van der Waals surface area (Å²) in [6.07, 6.45) is 1.37. The van der Waals surface area contributed by atoms with E-state index >= 15 is 0 Å². The number of hydrogen-bond acceptors (Lipinski definition) is 4. The third-order valence-corrected chi connectivity index (χ3v) is 6.90. The molecule has 192 valence electrons. The highest BCUT2D eigenvalue weighted by Crippen LogP contribution is 2.27. The second-order valence-electron chi connectivity index (χ2n) is 8.97. The Bertz CT molecular complexity index is 1130. The van der Waals surface area contributed by atoms with E-state index in [1.54, 1.807) is 0 Å². The van der Waals surface area contributed by atoms with Crippen LogP contribution in [0.15, 0.2) is 42.5 Å². The summed E-state index contributed by atoms with van der Waals surface area (Å²) >= 11 is 12.2. The third-order valence-electron chi connectivity index (χ3n) is 5.32. The maximum Gasteiger partial charge on any atom is 0.244 e. The number of halogens is 2. The van der Waals surface area contributed by atoms with Gasteiger partial charge >= 0.3 is 0 Å². The van der Waals surface area contributed by atoms with Gasteiger partial charge in [0.1, 0.15) is 12.6 Å². The van der Waals surface area contributed by atoms with Crippen molar-refractivity contribution in [3.8, 4) is 0 Å². The van der Waals surface area contributed by atoms with Crippen molar-refractivity contribution in [1.29, 1.82) is 0 Å². The second kappa shape index (κ2) is 12.6. The van der Waals surface area contributed by atoms with E-state index in [9.17, 15) is 18.0 Å². The van der Waals surface area contributed by atoms with Crippen LogP contribution in [0, 0.1) is 12.8 Å². The number of benzene rings is 2. The van der Waals surface area contributed by atoms with Gasteiger partial charge in [-0.05, 0) is 43.0 Å². The molecule has 2 rings (SSSR count). The molecule has 0 heterocycles. The van der Waals surface area contributed by atoms with Crippen molar-refractivity contribution in [1.82, 2.24) is 10.2 Å². The molecule has 10 heteroatoms. The van der Waals surface area contributed by atoms with Gasteiger partial charge in [-0.25, -0.2) is 8.42 Å². The molecule has 35 heavy (non-hydrogen) atoms. The first-order valence-corrected chi connectivity index (χ1v) is 14.0. The first-order valence-electron chi connectivity index (χ1n) is 11.4. The van der Waals surface area contributed by atoms with Crippen LogP contribution < -0.4 is 9.62 Å². The minimum atomic E-state index is -3.87. The number of aryl methyl sites for hydroxylation is 1. The van der Waals surface area contributed by atoms with Gasteiger partial charge in [-0.1, -0.05) is 73.8 Å². The molecule has 0 bridgehead atoms. The van der Waals surface area contributed by atoms with Crippen molar-refractivity contribution in [2.24, 2.45) is 5.92 Å². The Hall–Kier alpha value is -2.29. The molecular formula is C25H33Cl2N3O4S. The summed E-state index contributed by atoms with van der Waals surface area (Å²) in [4.78, 5) is 28.1. The Morgan fingerprint density at radius 2 is 1.69 bits per heavy atom. The van der Waals surface area contributed by atoms with Gasteiger partial charge in [0, 0.05) is 23.1 Å². The summed E-state index contributed by atoms with van der Waals surface area (Å²) in [5, 5.41) is 3.38. The van der Waals surface area contributed by atoms with Crippen LogP contribution in [-0.2, 0) is 26.2 Å². The maximum atomic E-state index is 13.6. The average Bonchev–Trinajstić information content (AvgIpc) is 2.74. The van der Waals surface area contributed by atoms with Crippen molar-refractivity contribution in [3.63, 3.8) is 0 Å². The van der Waals surface area contributed by atoms with E-state index in [0.717, 1.165) is 21.7 Å². The smallest absolute Gasteiger partial charge is 0.244 e. The standard InChI is InChI=1S/C25H33Cl2N3O4S/c1-6-23(25(32)28-14-17(2)3)29(15-19-9-7-8-18(4)10-19)24(31)16-30(35(5,33)34)22-12-20(26)11-21(27)13-22/h7-13,17,23H,6,14-16H2,1-5H3,(H,28,32). The molecule has 0 aliphatic heterocycles. The summed E-state index contributed by atoms with van der Waals surface area (Å²) in [5.74, 6) is -0.552. The van der Waals surface area contributed by atoms with Gasteiger partial charge in [0.25, 0.3) is 0 Å². The number of nitrogens with one attached hydrogen (secondary N) is 1. The van der Waals surface area contributed by atoms with Crippen LogP contribution in [0.25, 0.3) is 0 Å². The fourth-order valence-corrected chi connectivity index (χ4v) is 4.99. The summed E-state index contributed by atoms with van der Waals surface area (Å²) in [6.45, 7) is 7.85. The number of nitrogens with zero attached hydrogens (tertiary/aromatic N) is 2. The topological polar surface area (TPSA) is 86.8 Å². The molecule has 0 spiro atoms. The molecule has 1 atom stereocenters. The summed E-state index contributed by atoms with van der Waals surface area (Å²) < 4.78 is 26.3. The van der Waals surface area contributed by atoms with E-state index in [0.29, 0.717) is 13.0 Å². The number of rotatable bonds is 11. The van der Waals surface area contributed by atoms with Crippen molar-refractivity contribution in [3.05, 3.63) is 63.6 Å². The van der Waals surface area contributed by atoms with Crippen molar-refractivity contribution >= 4 is 50.7 Å². The van der Waals surface area contributed by atoms with Crippen molar-refractivity contribution in [2.45, 2.75) is 46.7 Å². The van der Waals surface area contributed by atoms with E-state index in [1.807, 2.05) is 52.0 Å². The monoisotopic (exact) mass is 541 g/mol. The molecule has 2 amide bonds. The summed E-state index contributed by atoms with van der Waals surface area (Å²) in [5.41, 5.74) is 2.02. The first kappa shape index (κ1) is 28.9. The number of anilines is 1. The molecule has 0 fully saturated rings. The Kier molecular flexibility index (Phi) is 10.4. The van der Waals surface area contributed by atoms with Crippen LogP contribution in [0.3, 0.4) is 0 Å². The van der Waals surface area contributed by atoms with Gasteiger partial charge in [-0.15, -0.1) is 0 Å². The predicted octanol–water partition coefficient (Wildman–Crippen LogP) is 4.65. The van der Waals surface area contributed by atoms with E-state index < -0.39 is 28.5 Å². The van der Waals surface area contributed by atoms with Gasteiger partial charge < -0.3 is 10.2 Å². The normalized spacial score (nSPS) is 12.3. The minimum Gasteiger partial charge on any atom is -0.354 e. The first-order chi connectivity index (χ1) is 16.3. The fourth-order valence-electron chi connectivity index (χ4n) is 3.65. The zero-order valence-corrected chi connectivity index (χ0v) is 23.0. The molecule has 0 radical (unpaired) electrons. The Morgan fingerprint density at radius 3 is 2.20 bits per heavy atom. The quantitative estimate of drug-likeness (QED) is 0.448. The lowest BCUT2D eigenvalue weighted by Gasteiger charge is -2.33. The van der Waals surface area contributed by atoms with Gasteiger partial charge in [-0.3, -0.25) is 13.9 Å². The van der Waals surface area contributed by atoms with Gasteiger partial charge in [0.15, 0.2) is 0 Å². The second-order valence-corrected chi connectivity index (χ2v) is 11.8. The molecule has 0 saturated carbocycles. The fraction of sp³-hybridized carbons (Fsp3) is 0.440. The highest BCUT2D eigenvalue weighted by atomic mass is 35.5. The molecule has 0 aliphatic carbocycles. The molecule has 1 unspecified atom stereocenters. The predicted molar refractivity (Wildman–Crippen MR) is 142 cm³/mol. The SMILES string of the molecule is CCC(C(=O)NCC(C)C)N(Cc1cccc(C)c1)C(=O)CN(c1cc(Cl)cc(Cl)c1)S(C)(=O)=O. The average molecular weight is 543 g/mol. The Balaban J connectivity index is 2.45. The lowest BCUT2D eigenvalue weighted by Crippen LogP contribution is -2.52. The van der Waals surface area contributed by atoms with Crippen molar-refractivity contribution in [2.75, 3.05) is 23.7 Å². The van der Waals surface area contributed by atoms with E-state index in [2.05, 4.69) is 5.32 Å².